The number of rotatable bonds is 4. The summed E-state index contributed by atoms with van der Waals surface area (Å²) >= 11 is 0. The van der Waals surface area contributed by atoms with Crippen LogP contribution in [0.1, 0.15) is 22.8 Å². The van der Waals surface area contributed by atoms with Gasteiger partial charge in [-0.2, -0.15) is 4.98 Å². The van der Waals surface area contributed by atoms with Gasteiger partial charge < -0.3 is 19.5 Å². The third-order valence-electron chi connectivity index (χ3n) is 3.00. The quantitative estimate of drug-likeness (QED) is 0.886. The van der Waals surface area contributed by atoms with Crippen LogP contribution >= 0.6 is 0 Å². The summed E-state index contributed by atoms with van der Waals surface area (Å²) in [7, 11) is 0. The van der Waals surface area contributed by atoms with Gasteiger partial charge in [0.1, 0.15) is 11.4 Å². The standard InChI is InChI=1S/C13H18N2O4/c1-3-19-12-11(13(16)17)9(2)8-10(14-12)15-4-6-18-7-5-15/h8H,3-7H2,1-2H3,(H,16,17). The highest BCUT2D eigenvalue weighted by Crippen LogP contribution is 2.26. The van der Waals surface area contributed by atoms with Crippen molar-refractivity contribution < 1.29 is 19.4 Å². The fraction of sp³-hybridized carbons (Fsp3) is 0.538. The van der Waals surface area contributed by atoms with Gasteiger partial charge in [0.15, 0.2) is 0 Å². The fourth-order valence-corrected chi connectivity index (χ4v) is 2.08. The Hall–Kier alpha value is -1.82. The normalized spacial score (nSPS) is 15.4. The lowest BCUT2D eigenvalue weighted by Crippen LogP contribution is -2.37. The van der Waals surface area contributed by atoms with Gasteiger partial charge in [0.05, 0.1) is 19.8 Å². The number of ether oxygens (including phenoxy) is 2. The molecule has 1 aromatic heterocycles. The summed E-state index contributed by atoms with van der Waals surface area (Å²) < 4.78 is 10.7. The molecule has 0 saturated carbocycles. The number of carboxylic acids is 1. The second-order valence-electron chi connectivity index (χ2n) is 4.32. The predicted molar refractivity (Wildman–Crippen MR) is 70.1 cm³/mol. The Kier molecular flexibility index (Phi) is 4.21. The third-order valence-corrected chi connectivity index (χ3v) is 3.00. The van der Waals surface area contributed by atoms with E-state index >= 15 is 0 Å². The van der Waals surface area contributed by atoms with E-state index in [0.717, 1.165) is 18.9 Å². The minimum Gasteiger partial charge on any atom is -0.477 e. The first kappa shape index (κ1) is 13.6. The van der Waals surface area contributed by atoms with Crippen LogP contribution in [0, 0.1) is 6.92 Å². The van der Waals surface area contributed by atoms with E-state index in [9.17, 15) is 9.90 Å². The van der Waals surface area contributed by atoms with Crippen molar-refractivity contribution in [3.05, 3.63) is 17.2 Å². The number of nitrogens with zero attached hydrogens (tertiary/aromatic N) is 2. The van der Waals surface area contributed by atoms with Gasteiger partial charge >= 0.3 is 5.97 Å². The van der Waals surface area contributed by atoms with E-state index in [1.807, 2.05) is 6.92 Å². The maximum Gasteiger partial charge on any atom is 0.341 e. The van der Waals surface area contributed by atoms with Crippen molar-refractivity contribution in [2.24, 2.45) is 0 Å². The van der Waals surface area contributed by atoms with E-state index < -0.39 is 5.97 Å². The van der Waals surface area contributed by atoms with E-state index in [1.165, 1.54) is 0 Å². The molecule has 1 N–H and O–H groups in total. The Balaban J connectivity index is 2.38. The highest BCUT2D eigenvalue weighted by Gasteiger charge is 2.21. The molecule has 6 nitrogen and oxygen atoms in total. The summed E-state index contributed by atoms with van der Waals surface area (Å²) in [5.74, 6) is -0.0762. The smallest absolute Gasteiger partial charge is 0.341 e. The lowest BCUT2D eigenvalue weighted by molar-refractivity contribution is 0.0690. The molecule has 1 saturated heterocycles. The molecule has 6 heteroatoms. The van der Waals surface area contributed by atoms with Crippen LogP contribution in [0.15, 0.2) is 6.07 Å². The summed E-state index contributed by atoms with van der Waals surface area (Å²) in [4.78, 5) is 17.7. The first-order chi connectivity index (χ1) is 9.13. The van der Waals surface area contributed by atoms with Crippen molar-refractivity contribution >= 4 is 11.8 Å². The minimum absolute atomic E-state index is 0.138. The zero-order chi connectivity index (χ0) is 13.8. The predicted octanol–water partition coefficient (Wildman–Crippen LogP) is 1.32. The van der Waals surface area contributed by atoms with Crippen LogP contribution in [0.4, 0.5) is 5.82 Å². The highest BCUT2D eigenvalue weighted by molar-refractivity contribution is 5.92. The molecule has 0 atom stereocenters. The number of hydrogen-bond donors (Lipinski definition) is 1. The van der Waals surface area contributed by atoms with Crippen LogP contribution in [-0.4, -0.2) is 49.0 Å². The molecule has 2 heterocycles. The largest absolute Gasteiger partial charge is 0.477 e. The number of morpholine rings is 1. The summed E-state index contributed by atoms with van der Waals surface area (Å²) in [5.41, 5.74) is 0.798. The van der Waals surface area contributed by atoms with Gasteiger partial charge in [-0.15, -0.1) is 0 Å². The molecule has 1 aliphatic heterocycles. The monoisotopic (exact) mass is 266 g/mol. The molecule has 1 fully saturated rings. The molecule has 19 heavy (non-hydrogen) atoms. The van der Waals surface area contributed by atoms with Crippen LogP contribution in [0.3, 0.4) is 0 Å². The van der Waals surface area contributed by atoms with Gasteiger partial charge in [0, 0.05) is 13.1 Å². The first-order valence-corrected chi connectivity index (χ1v) is 6.34. The van der Waals surface area contributed by atoms with Crippen LogP contribution < -0.4 is 9.64 Å². The van der Waals surface area contributed by atoms with Crippen molar-refractivity contribution in [2.75, 3.05) is 37.8 Å². The summed E-state index contributed by atoms with van der Waals surface area (Å²) in [6.07, 6.45) is 0. The number of aryl methyl sites for hydroxylation is 1. The number of hydrogen-bond acceptors (Lipinski definition) is 5. The van der Waals surface area contributed by atoms with Gasteiger partial charge in [0.25, 0.3) is 0 Å². The Labute approximate surface area is 112 Å². The molecule has 0 amide bonds. The van der Waals surface area contributed by atoms with Crippen molar-refractivity contribution in [3.8, 4) is 5.88 Å². The Morgan fingerprint density at radius 3 is 2.79 bits per heavy atom. The molecule has 104 valence electrons. The number of aromatic nitrogens is 1. The fourth-order valence-electron chi connectivity index (χ4n) is 2.08. The molecule has 2 rings (SSSR count). The van der Waals surface area contributed by atoms with E-state index in [2.05, 4.69) is 9.88 Å². The summed E-state index contributed by atoms with van der Waals surface area (Å²) in [6, 6.07) is 1.79. The molecule has 0 unspecified atom stereocenters. The number of pyridine rings is 1. The molecule has 0 bridgehead atoms. The Bertz CT molecular complexity index is 470. The molecule has 1 aliphatic rings. The SMILES string of the molecule is CCOc1nc(N2CCOCC2)cc(C)c1C(=O)O. The zero-order valence-electron chi connectivity index (χ0n) is 11.2. The van der Waals surface area contributed by atoms with Crippen molar-refractivity contribution in [1.82, 2.24) is 4.98 Å². The second kappa shape index (κ2) is 5.88. The topological polar surface area (TPSA) is 71.9 Å². The average Bonchev–Trinajstić information content (AvgIpc) is 2.39. The van der Waals surface area contributed by atoms with E-state index in [0.29, 0.717) is 25.4 Å². The Morgan fingerprint density at radius 2 is 2.21 bits per heavy atom. The van der Waals surface area contributed by atoms with Crippen molar-refractivity contribution in [3.63, 3.8) is 0 Å². The maximum atomic E-state index is 11.3. The number of carbonyl (C=O) groups is 1. The number of carboxylic acid groups (broad SMARTS) is 1. The molecule has 0 spiro atoms. The van der Waals surface area contributed by atoms with Gasteiger partial charge in [0.2, 0.25) is 5.88 Å². The molecular weight excluding hydrogens is 248 g/mol. The van der Waals surface area contributed by atoms with Crippen LogP contribution in [0.5, 0.6) is 5.88 Å². The van der Waals surface area contributed by atoms with Crippen LogP contribution in [0.25, 0.3) is 0 Å². The van der Waals surface area contributed by atoms with E-state index in [4.69, 9.17) is 9.47 Å². The molecule has 0 aromatic carbocycles. The third kappa shape index (κ3) is 2.96. The molecule has 0 aliphatic carbocycles. The summed E-state index contributed by atoms with van der Waals surface area (Å²) in [5, 5.41) is 9.22. The van der Waals surface area contributed by atoms with Crippen molar-refractivity contribution in [1.29, 1.82) is 0 Å². The van der Waals surface area contributed by atoms with E-state index in [-0.39, 0.29) is 11.4 Å². The lowest BCUT2D eigenvalue weighted by Gasteiger charge is -2.28. The van der Waals surface area contributed by atoms with Gasteiger partial charge in [-0.05, 0) is 25.5 Å². The number of aromatic carboxylic acids is 1. The van der Waals surface area contributed by atoms with Crippen LogP contribution in [0.2, 0.25) is 0 Å². The first-order valence-electron chi connectivity index (χ1n) is 6.34. The van der Waals surface area contributed by atoms with Gasteiger partial charge in [-0.3, -0.25) is 0 Å². The summed E-state index contributed by atoms with van der Waals surface area (Å²) in [6.45, 7) is 6.78. The zero-order valence-corrected chi connectivity index (χ0v) is 11.2. The number of anilines is 1. The maximum absolute atomic E-state index is 11.3. The average molecular weight is 266 g/mol. The van der Waals surface area contributed by atoms with Crippen LogP contribution in [-0.2, 0) is 4.74 Å². The highest BCUT2D eigenvalue weighted by atomic mass is 16.5. The molecular formula is C13H18N2O4. The minimum atomic E-state index is -1.01. The molecule has 0 radical (unpaired) electrons. The van der Waals surface area contributed by atoms with E-state index in [1.54, 1.807) is 13.0 Å². The van der Waals surface area contributed by atoms with Crippen molar-refractivity contribution in [2.45, 2.75) is 13.8 Å². The molecule has 1 aromatic rings. The lowest BCUT2D eigenvalue weighted by atomic mass is 10.1. The van der Waals surface area contributed by atoms with Gasteiger partial charge in [-0.25, -0.2) is 4.79 Å². The van der Waals surface area contributed by atoms with Gasteiger partial charge in [-0.1, -0.05) is 0 Å². The second-order valence-corrected chi connectivity index (χ2v) is 4.32. The Morgan fingerprint density at radius 1 is 1.53 bits per heavy atom.